The van der Waals surface area contributed by atoms with E-state index < -0.39 is 5.60 Å². The van der Waals surface area contributed by atoms with Crippen molar-refractivity contribution < 1.29 is 5.11 Å². The molecule has 0 saturated heterocycles. The summed E-state index contributed by atoms with van der Waals surface area (Å²) in [5.41, 5.74) is 3.71. The van der Waals surface area contributed by atoms with Gasteiger partial charge in [-0.3, -0.25) is 0 Å². The van der Waals surface area contributed by atoms with Crippen molar-refractivity contribution in [2.24, 2.45) is 10.2 Å². The predicted molar refractivity (Wildman–Crippen MR) is 32.2 cm³/mol. The lowest BCUT2D eigenvalue weighted by Crippen LogP contribution is -2.36. The summed E-state index contributed by atoms with van der Waals surface area (Å²) in [5.74, 6) is -0.0841. The van der Waals surface area contributed by atoms with E-state index in [9.17, 15) is 5.11 Å². The summed E-state index contributed by atoms with van der Waals surface area (Å²) in [6, 6.07) is 0. The maximum absolute atomic E-state index is 10.7. The van der Waals surface area contributed by atoms with Crippen LogP contribution < -0.4 is 5.73 Å². The number of amidine groups is 1. The molecule has 0 aliphatic rings. The minimum Gasteiger partial charge on any atom is -0.384 e. The van der Waals surface area contributed by atoms with Gasteiger partial charge in [-0.15, -0.1) is 0 Å². The van der Waals surface area contributed by atoms with Gasteiger partial charge in [0.15, 0.2) is 5.60 Å². The van der Waals surface area contributed by atoms with Crippen LogP contribution in [0.15, 0.2) is 4.51 Å². The standard InChI is InChI=1S/C4H8ClN2O/c1-4(2,8)3(6)7-5/h1-2H3,(H2,6,7). The molecule has 1 radical (unpaired) electrons. The predicted octanol–water partition coefficient (Wildman–Crippen LogP) is 0.707. The third-order valence-corrected chi connectivity index (χ3v) is 0.890. The fraction of sp³-hybridized carbons (Fsp3) is 0.750. The molecule has 0 spiro atoms. The highest BCUT2D eigenvalue weighted by Crippen LogP contribution is 2.01. The number of halogens is 1. The van der Waals surface area contributed by atoms with Gasteiger partial charge in [0.2, 0.25) is 0 Å². The van der Waals surface area contributed by atoms with Crippen molar-refractivity contribution in [1.29, 1.82) is 0 Å². The summed E-state index contributed by atoms with van der Waals surface area (Å²) in [6.07, 6.45) is 0. The molecule has 0 aliphatic carbocycles. The number of hydrogen-bond donors (Lipinski definition) is 1. The lowest BCUT2D eigenvalue weighted by molar-refractivity contribution is 0.0664. The lowest BCUT2D eigenvalue weighted by Gasteiger charge is -2.10. The van der Waals surface area contributed by atoms with Crippen molar-refractivity contribution in [3.63, 3.8) is 0 Å². The Morgan fingerprint density at radius 1 is 1.75 bits per heavy atom. The van der Waals surface area contributed by atoms with Crippen LogP contribution in [0, 0.1) is 0 Å². The molecule has 3 nitrogen and oxygen atoms in total. The molecule has 0 fully saturated rings. The van der Waals surface area contributed by atoms with Crippen molar-refractivity contribution in [1.82, 2.24) is 0 Å². The van der Waals surface area contributed by atoms with E-state index in [0.717, 1.165) is 0 Å². The van der Waals surface area contributed by atoms with Crippen LogP contribution >= 0.6 is 11.8 Å². The number of nitrogens with zero attached hydrogens (tertiary/aromatic N) is 1. The minimum atomic E-state index is -1.35. The van der Waals surface area contributed by atoms with E-state index in [4.69, 9.17) is 17.5 Å². The highest BCUT2D eigenvalue weighted by molar-refractivity contribution is 6.20. The molecule has 0 atom stereocenters. The zero-order chi connectivity index (χ0) is 6.78. The largest absolute Gasteiger partial charge is 0.384 e. The highest BCUT2D eigenvalue weighted by atomic mass is 35.5. The van der Waals surface area contributed by atoms with E-state index in [1.165, 1.54) is 13.8 Å². The van der Waals surface area contributed by atoms with Gasteiger partial charge in [-0.2, -0.15) is 4.51 Å². The lowest BCUT2D eigenvalue weighted by atomic mass is 10.1. The van der Waals surface area contributed by atoms with Gasteiger partial charge in [-0.05, 0) is 13.8 Å². The Balaban J connectivity index is 4.03. The van der Waals surface area contributed by atoms with Gasteiger partial charge in [0, 0.05) is 11.8 Å². The van der Waals surface area contributed by atoms with Crippen molar-refractivity contribution in [2.75, 3.05) is 0 Å². The Bertz CT molecular complexity index is 105. The Hall–Kier alpha value is -0.280. The number of rotatable bonds is 1. The van der Waals surface area contributed by atoms with Crippen LogP contribution in [0.2, 0.25) is 0 Å². The average molecular weight is 136 g/mol. The Morgan fingerprint density at radius 2 is 2.12 bits per heavy atom. The minimum absolute atomic E-state index is 0.0841. The van der Waals surface area contributed by atoms with Crippen molar-refractivity contribution in [3.05, 3.63) is 0 Å². The monoisotopic (exact) mass is 135 g/mol. The Kier molecular flexibility index (Phi) is 2.25. The Morgan fingerprint density at radius 3 is 2.12 bits per heavy atom. The second-order valence-electron chi connectivity index (χ2n) is 1.98. The zero-order valence-electron chi connectivity index (χ0n) is 4.81. The summed E-state index contributed by atoms with van der Waals surface area (Å²) in [5, 5.41) is 10.7. The molecule has 0 aromatic heterocycles. The molecule has 0 aromatic rings. The number of nitrogens with two attached hydrogens (primary N) is 1. The molecule has 4 heteroatoms. The van der Waals surface area contributed by atoms with Gasteiger partial charge in [-0.25, -0.2) is 5.11 Å². The summed E-state index contributed by atoms with van der Waals surface area (Å²) < 4.78 is 3.01. The van der Waals surface area contributed by atoms with Crippen molar-refractivity contribution >= 4 is 17.6 Å². The number of hydrogen-bond acceptors (Lipinski definition) is 1. The van der Waals surface area contributed by atoms with E-state index in [1.807, 2.05) is 0 Å². The molecular weight excluding hydrogens is 128 g/mol. The van der Waals surface area contributed by atoms with Crippen LogP contribution in [0.4, 0.5) is 0 Å². The molecule has 0 saturated carbocycles. The molecule has 8 heavy (non-hydrogen) atoms. The summed E-state index contributed by atoms with van der Waals surface area (Å²) in [7, 11) is 0. The van der Waals surface area contributed by atoms with E-state index >= 15 is 0 Å². The molecule has 47 valence electrons. The highest BCUT2D eigenvalue weighted by Gasteiger charge is 2.19. The van der Waals surface area contributed by atoms with Gasteiger partial charge in [0.25, 0.3) is 0 Å². The molecule has 0 rings (SSSR count). The summed E-state index contributed by atoms with van der Waals surface area (Å²) >= 11 is 4.90. The topological polar surface area (TPSA) is 58.3 Å². The quantitative estimate of drug-likeness (QED) is 0.418. The first-order chi connectivity index (χ1) is 3.48. The third-order valence-electron chi connectivity index (χ3n) is 0.708. The van der Waals surface area contributed by atoms with Crippen LogP contribution in [-0.4, -0.2) is 11.4 Å². The van der Waals surface area contributed by atoms with Crippen LogP contribution in [-0.2, 0) is 5.11 Å². The van der Waals surface area contributed by atoms with Gasteiger partial charge in [0.1, 0.15) is 5.84 Å². The molecule has 2 N–H and O–H groups in total. The van der Waals surface area contributed by atoms with E-state index in [1.54, 1.807) is 0 Å². The smallest absolute Gasteiger partial charge is 0.156 e. The SMILES string of the molecule is CC(C)([O])/C(N)=N/Cl. The van der Waals surface area contributed by atoms with Crippen molar-refractivity contribution in [2.45, 2.75) is 19.4 Å². The molecular formula is C4H8ClN2O. The summed E-state index contributed by atoms with van der Waals surface area (Å²) in [6.45, 7) is 2.79. The van der Waals surface area contributed by atoms with Gasteiger partial charge < -0.3 is 5.73 Å². The molecule has 0 bridgehead atoms. The average Bonchev–Trinajstić information content (AvgIpc) is 1.62. The second kappa shape index (κ2) is 2.33. The first-order valence-electron chi connectivity index (χ1n) is 2.14. The van der Waals surface area contributed by atoms with Gasteiger partial charge >= 0.3 is 0 Å². The fourth-order valence-electron chi connectivity index (χ4n) is 0.102. The van der Waals surface area contributed by atoms with Crippen LogP contribution in [0.25, 0.3) is 0 Å². The van der Waals surface area contributed by atoms with Crippen LogP contribution in [0.5, 0.6) is 0 Å². The molecule has 0 aromatic carbocycles. The molecule has 0 aliphatic heterocycles. The molecule has 0 unspecified atom stereocenters. The second-order valence-corrected chi connectivity index (χ2v) is 2.15. The maximum Gasteiger partial charge on any atom is 0.156 e. The molecule has 0 amide bonds. The Labute approximate surface area is 53.3 Å². The van der Waals surface area contributed by atoms with E-state index in [2.05, 4.69) is 4.51 Å². The van der Waals surface area contributed by atoms with Crippen LogP contribution in [0.3, 0.4) is 0 Å². The van der Waals surface area contributed by atoms with Crippen LogP contribution in [0.1, 0.15) is 13.8 Å². The zero-order valence-corrected chi connectivity index (χ0v) is 5.57. The maximum atomic E-state index is 10.7. The van der Waals surface area contributed by atoms with Crippen molar-refractivity contribution in [3.8, 4) is 0 Å². The first kappa shape index (κ1) is 7.72. The van der Waals surface area contributed by atoms with E-state index in [0.29, 0.717) is 0 Å². The first-order valence-corrected chi connectivity index (χ1v) is 2.47. The van der Waals surface area contributed by atoms with E-state index in [-0.39, 0.29) is 5.84 Å². The normalized spacial score (nSPS) is 14.2. The fourth-order valence-corrected chi connectivity index (χ4v) is 0.305. The molecule has 0 heterocycles. The third kappa shape index (κ3) is 2.14. The van der Waals surface area contributed by atoms with Gasteiger partial charge in [0.05, 0.1) is 0 Å². The van der Waals surface area contributed by atoms with Gasteiger partial charge in [-0.1, -0.05) is 0 Å². The summed E-state index contributed by atoms with van der Waals surface area (Å²) in [4.78, 5) is 0.